The molecule has 34 heavy (non-hydrogen) atoms. The maximum Gasteiger partial charge on any atom is 0.201 e. The van der Waals surface area contributed by atoms with Crippen LogP contribution in [0, 0.1) is 17.5 Å². The Morgan fingerprint density at radius 3 is 2.24 bits per heavy atom. The summed E-state index contributed by atoms with van der Waals surface area (Å²) in [4.78, 5) is 0. The topological polar surface area (TPSA) is 27.7 Å². The molecule has 0 saturated carbocycles. The van der Waals surface area contributed by atoms with Crippen molar-refractivity contribution >= 4 is 0 Å². The quantitative estimate of drug-likeness (QED) is 0.326. The molecule has 4 rings (SSSR count). The third kappa shape index (κ3) is 5.18. The zero-order chi connectivity index (χ0) is 24.1. The third-order valence-electron chi connectivity index (χ3n) is 5.86. The van der Waals surface area contributed by atoms with Crippen LogP contribution in [0.2, 0.25) is 0 Å². The van der Waals surface area contributed by atoms with Crippen molar-refractivity contribution in [3.63, 3.8) is 0 Å². The Balaban J connectivity index is 1.50. The highest BCUT2D eigenvalue weighted by molar-refractivity contribution is 5.71. The minimum atomic E-state index is -1.04. The first-order valence-electron chi connectivity index (χ1n) is 11.4. The van der Waals surface area contributed by atoms with E-state index >= 15 is 0 Å². The molecule has 3 aromatic rings. The summed E-state index contributed by atoms with van der Waals surface area (Å²) in [6.45, 7) is 6.49. The van der Waals surface area contributed by atoms with Crippen molar-refractivity contribution in [3.05, 3.63) is 90.3 Å². The first kappa shape index (κ1) is 24.0. The van der Waals surface area contributed by atoms with Gasteiger partial charge in [-0.2, -0.15) is 4.39 Å². The van der Waals surface area contributed by atoms with E-state index in [1.165, 1.54) is 24.3 Å². The molecule has 1 aliphatic rings. The Kier molecular flexibility index (Phi) is 7.70. The molecule has 0 unspecified atom stereocenters. The van der Waals surface area contributed by atoms with Gasteiger partial charge in [-0.25, -0.2) is 8.78 Å². The Morgan fingerprint density at radius 2 is 1.59 bits per heavy atom. The van der Waals surface area contributed by atoms with E-state index in [4.69, 9.17) is 14.2 Å². The van der Waals surface area contributed by atoms with Crippen molar-refractivity contribution in [2.45, 2.75) is 32.0 Å². The molecule has 178 valence electrons. The van der Waals surface area contributed by atoms with Gasteiger partial charge in [0.25, 0.3) is 0 Å². The predicted octanol–water partition coefficient (Wildman–Crippen LogP) is 7.26. The van der Waals surface area contributed by atoms with E-state index in [0.717, 1.165) is 18.4 Å². The molecule has 1 saturated heterocycles. The van der Waals surface area contributed by atoms with Crippen LogP contribution in [0.25, 0.3) is 22.3 Å². The van der Waals surface area contributed by atoms with Crippen LogP contribution in [0.4, 0.5) is 13.2 Å². The summed E-state index contributed by atoms with van der Waals surface area (Å²) in [6, 6.07) is 14.8. The second kappa shape index (κ2) is 10.9. The molecule has 0 radical (unpaired) electrons. The lowest BCUT2D eigenvalue weighted by molar-refractivity contribution is -0.190. The second-order valence-corrected chi connectivity index (χ2v) is 8.23. The van der Waals surface area contributed by atoms with Crippen molar-refractivity contribution in [1.29, 1.82) is 0 Å². The average molecular weight is 469 g/mol. The van der Waals surface area contributed by atoms with Gasteiger partial charge in [0, 0.05) is 11.5 Å². The lowest BCUT2D eigenvalue weighted by atomic mass is 9.95. The highest BCUT2D eigenvalue weighted by Crippen LogP contribution is 2.33. The van der Waals surface area contributed by atoms with Gasteiger partial charge in [0.15, 0.2) is 17.9 Å². The number of hydrogen-bond donors (Lipinski definition) is 0. The molecule has 0 amide bonds. The molecule has 0 N–H and O–H groups in total. The van der Waals surface area contributed by atoms with Crippen molar-refractivity contribution in [1.82, 2.24) is 0 Å². The second-order valence-electron chi connectivity index (χ2n) is 8.23. The Bertz CT molecular complexity index is 1140. The Morgan fingerprint density at radius 1 is 0.912 bits per heavy atom. The van der Waals surface area contributed by atoms with Crippen LogP contribution in [-0.4, -0.2) is 26.1 Å². The summed E-state index contributed by atoms with van der Waals surface area (Å²) in [6.07, 6.45) is 3.04. The first-order valence-corrected chi connectivity index (χ1v) is 11.4. The Labute approximate surface area is 197 Å². The first-order chi connectivity index (χ1) is 16.5. The van der Waals surface area contributed by atoms with Crippen LogP contribution in [-0.2, 0) is 9.47 Å². The number of rotatable bonds is 8. The summed E-state index contributed by atoms with van der Waals surface area (Å²) in [5, 5.41) is 0. The van der Waals surface area contributed by atoms with E-state index in [1.807, 2.05) is 6.07 Å². The van der Waals surface area contributed by atoms with Crippen LogP contribution in [0.5, 0.6) is 5.75 Å². The van der Waals surface area contributed by atoms with Crippen LogP contribution in [0.15, 0.2) is 67.3 Å². The van der Waals surface area contributed by atoms with Crippen molar-refractivity contribution in [2.24, 2.45) is 0 Å². The standard InChI is InChI=1S/C28H27F3O3/c1-3-5-26-33-16-21(17-34-26)22-11-10-20(15-24(22)29)18-6-8-19(9-7-18)23-12-13-25(32-14-4-2)28(31)27(23)30/h4,6-13,15,21,26H,2-3,5,14,16-17H2,1H3. The van der Waals surface area contributed by atoms with Gasteiger partial charge in [-0.05, 0) is 46.9 Å². The number of ether oxygens (including phenoxy) is 3. The van der Waals surface area contributed by atoms with E-state index in [9.17, 15) is 13.2 Å². The summed E-state index contributed by atoms with van der Waals surface area (Å²) in [5.41, 5.74) is 2.64. The molecule has 0 aromatic heterocycles. The van der Waals surface area contributed by atoms with Gasteiger partial charge < -0.3 is 14.2 Å². The lowest BCUT2D eigenvalue weighted by Gasteiger charge is -2.29. The zero-order valence-corrected chi connectivity index (χ0v) is 19.0. The normalized spacial score (nSPS) is 18.0. The molecule has 0 bridgehead atoms. The summed E-state index contributed by atoms with van der Waals surface area (Å²) in [7, 11) is 0. The molecule has 3 aromatic carbocycles. The minimum Gasteiger partial charge on any atom is -0.486 e. The molecule has 0 atom stereocenters. The lowest BCUT2D eigenvalue weighted by Crippen LogP contribution is -2.31. The van der Waals surface area contributed by atoms with Crippen LogP contribution in [0.1, 0.15) is 31.2 Å². The van der Waals surface area contributed by atoms with Gasteiger partial charge in [0.1, 0.15) is 12.4 Å². The maximum absolute atomic E-state index is 14.9. The van der Waals surface area contributed by atoms with Gasteiger partial charge in [-0.15, -0.1) is 0 Å². The van der Waals surface area contributed by atoms with Gasteiger partial charge in [0.05, 0.1) is 13.2 Å². The molecule has 1 fully saturated rings. The molecule has 6 heteroatoms. The SMILES string of the molecule is C=CCOc1ccc(-c2ccc(-c3ccc(C4COC(CCC)OC4)c(F)c3)cc2)c(F)c1F. The fraction of sp³-hybridized carbons (Fsp3) is 0.286. The fourth-order valence-electron chi connectivity index (χ4n) is 4.02. The van der Waals surface area contributed by atoms with Gasteiger partial charge in [0.2, 0.25) is 5.82 Å². The zero-order valence-electron chi connectivity index (χ0n) is 19.0. The van der Waals surface area contributed by atoms with Crippen molar-refractivity contribution in [2.75, 3.05) is 19.8 Å². The average Bonchev–Trinajstić information content (AvgIpc) is 2.86. The molecular formula is C28H27F3O3. The van der Waals surface area contributed by atoms with E-state index in [2.05, 4.69) is 13.5 Å². The summed E-state index contributed by atoms with van der Waals surface area (Å²) >= 11 is 0. The molecule has 0 spiro atoms. The third-order valence-corrected chi connectivity index (χ3v) is 5.86. The fourth-order valence-corrected chi connectivity index (χ4v) is 4.02. The monoisotopic (exact) mass is 468 g/mol. The van der Waals surface area contributed by atoms with Crippen LogP contribution in [0.3, 0.4) is 0 Å². The highest BCUT2D eigenvalue weighted by Gasteiger charge is 2.25. The van der Waals surface area contributed by atoms with Gasteiger partial charge >= 0.3 is 0 Å². The van der Waals surface area contributed by atoms with Crippen molar-refractivity contribution in [3.8, 4) is 28.0 Å². The predicted molar refractivity (Wildman–Crippen MR) is 126 cm³/mol. The molecule has 1 heterocycles. The van der Waals surface area contributed by atoms with Crippen molar-refractivity contribution < 1.29 is 27.4 Å². The smallest absolute Gasteiger partial charge is 0.201 e. The van der Waals surface area contributed by atoms with E-state index < -0.39 is 11.6 Å². The number of benzene rings is 3. The van der Waals surface area contributed by atoms with Gasteiger partial charge in [-0.1, -0.05) is 62.4 Å². The minimum absolute atomic E-state index is 0.0833. The number of halogens is 3. The highest BCUT2D eigenvalue weighted by atomic mass is 19.2. The molecular weight excluding hydrogens is 441 g/mol. The summed E-state index contributed by atoms with van der Waals surface area (Å²) in [5.74, 6) is -2.67. The number of hydrogen-bond acceptors (Lipinski definition) is 3. The summed E-state index contributed by atoms with van der Waals surface area (Å²) < 4.78 is 60.3. The van der Waals surface area contributed by atoms with E-state index in [-0.39, 0.29) is 35.9 Å². The van der Waals surface area contributed by atoms with Crippen LogP contribution < -0.4 is 4.74 Å². The van der Waals surface area contributed by atoms with E-state index in [0.29, 0.717) is 29.9 Å². The molecule has 1 aliphatic heterocycles. The van der Waals surface area contributed by atoms with E-state index in [1.54, 1.807) is 30.3 Å². The molecule has 0 aliphatic carbocycles. The Hall–Kier alpha value is -3.09. The maximum atomic E-state index is 14.9. The van der Waals surface area contributed by atoms with Crippen LogP contribution >= 0.6 is 0 Å². The largest absolute Gasteiger partial charge is 0.486 e. The molecule has 3 nitrogen and oxygen atoms in total. The van der Waals surface area contributed by atoms with Gasteiger partial charge in [-0.3, -0.25) is 0 Å².